The van der Waals surface area contributed by atoms with Crippen LogP contribution in [0.2, 0.25) is 0 Å². The van der Waals surface area contributed by atoms with E-state index in [0.717, 1.165) is 11.6 Å². The molecule has 4 nitrogen and oxygen atoms in total. The number of hydrogen-bond acceptors (Lipinski definition) is 4. The summed E-state index contributed by atoms with van der Waals surface area (Å²) in [5.74, 6) is -0.985. The Labute approximate surface area is 96.0 Å². The minimum atomic E-state index is -0.985. The SMILES string of the molecule is CSc1nc2cccc(/C=C/C(=O)O)c2o1. The van der Waals surface area contributed by atoms with Crippen molar-refractivity contribution in [2.75, 3.05) is 6.26 Å². The van der Waals surface area contributed by atoms with Crippen LogP contribution in [-0.2, 0) is 4.79 Å². The van der Waals surface area contributed by atoms with Crippen molar-refractivity contribution in [1.29, 1.82) is 0 Å². The van der Waals surface area contributed by atoms with Crippen LogP contribution < -0.4 is 0 Å². The average molecular weight is 235 g/mol. The van der Waals surface area contributed by atoms with Crippen molar-refractivity contribution in [3.05, 3.63) is 29.8 Å². The fourth-order valence-corrected chi connectivity index (χ4v) is 1.69. The number of benzene rings is 1. The summed E-state index contributed by atoms with van der Waals surface area (Å²) in [6, 6.07) is 5.43. The first-order chi connectivity index (χ1) is 7.70. The first kappa shape index (κ1) is 10.8. The van der Waals surface area contributed by atoms with Crippen LogP contribution in [0, 0.1) is 0 Å². The molecular weight excluding hydrogens is 226 g/mol. The second kappa shape index (κ2) is 4.40. The molecule has 0 saturated heterocycles. The molecule has 5 heteroatoms. The van der Waals surface area contributed by atoms with E-state index < -0.39 is 5.97 Å². The Balaban J connectivity index is 2.52. The Bertz CT molecular complexity index is 559. The Morgan fingerprint density at radius 1 is 1.56 bits per heavy atom. The van der Waals surface area contributed by atoms with Crippen molar-refractivity contribution in [2.24, 2.45) is 0 Å². The summed E-state index contributed by atoms with van der Waals surface area (Å²) in [4.78, 5) is 14.7. The maximum atomic E-state index is 10.4. The molecule has 82 valence electrons. The molecule has 1 aromatic carbocycles. The van der Waals surface area contributed by atoms with Gasteiger partial charge in [0.2, 0.25) is 0 Å². The Morgan fingerprint density at radius 3 is 3.06 bits per heavy atom. The summed E-state index contributed by atoms with van der Waals surface area (Å²) in [5, 5.41) is 9.14. The summed E-state index contributed by atoms with van der Waals surface area (Å²) in [7, 11) is 0. The zero-order valence-electron chi connectivity index (χ0n) is 8.51. The average Bonchev–Trinajstić information content (AvgIpc) is 2.69. The number of carboxylic acids is 1. The van der Waals surface area contributed by atoms with Crippen LogP contribution in [0.25, 0.3) is 17.2 Å². The number of rotatable bonds is 3. The topological polar surface area (TPSA) is 63.3 Å². The summed E-state index contributed by atoms with van der Waals surface area (Å²) in [6.07, 6.45) is 4.45. The van der Waals surface area contributed by atoms with Crippen LogP contribution in [0.15, 0.2) is 33.9 Å². The largest absolute Gasteiger partial charge is 0.478 e. The summed E-state index contributed by atoms with van der Waals surface area (Å²) in [5.41, 5.74) is 2.06. The van der Waals surface area contributed by atoms with Gasteiger partial charge in [0.05, 0.1) is 0 Å². The quantitative estimate of drug-likeness (QED) is 0.654. The summed E-state index contributed by atoms with van der Waals surface area (Å²) in [6.45, 7) is 0. The molecule has 0 fully saturated rings. The highest BCUT2D eigenvalue weighted by Crippen LogP contribution is 2.25. The van der Waals surface area contributed by atoms with E-state index in [1.807, 2.05) is 18.4 Å². The van der Waals surface area contributed by atoms with E-state index in [1.165, 1.54) is 17.8 Å². The lowest BCUT2D eigenvalue weighted by Gasteiger charge is -1.92. The van der Waals surface area contributed by atoms with Gasteiger partial charge < -0.3 is 9.52 Å². The van der Waals surface area contributed by atoms with E-state index in [2.05, 4.69) is 4.98 Å². The standard InChI is InChI=1S/C11H9NO3S/c1-16-11-12-8-4-2-3-7(10(8)15-11)5-6-9(13)14/h2-6H,1H3,(H,13,14)/b6-5+. The number of nitrogens with zero attached hydrogens (tertiary/aromatic N) is 1. The predicted molar refractivity (Wildman–Crippen MR) is 62.5 cm³/mol. The van der Waals surface area contributed by atoms with Crippen LogP contribution in [0.4, 0.5) is 0 Å². The number of hydrogen-bond donors (Lipinski definition) is 1. The molecule has 0 spiro atoms. The van der Waals surface area contributed by atoms with Crippen LogP contribution in [0.5, 0.6) is 0 Å². The van der Waals surface area contributed by atoms with Gasteiger partial charge in [0.1, 0.15) is 5.52 Å². The number of thioether (sulfide) groups is 1. The van der Waals surface area contributed by atoms with E-state index in [1.54, 1.807) is 6.07 Å². The van der Waals surface area contributed by atoms with Gasteiger partial charge in [-0.3, -0.25) is 0 Å². The van der Waals surface area contributed by atoms with Gasteiger partial charge in [-0.15, -0.1) is 0 Å². The van der Waals surface area contributed by atoms with Crippen molar-refractivity contribution in [2.45, 2.75) is 5.22 Å². The van der Waals surface area contributed by atoms with Gasteiger partial charge in [0.25, 0.3) is 5.22 Å². The molecule has 0 unspecified atom stereocenters. The molecule has 0 aliphatic rings. The van der Waals surface area contributed by atoms with Gasteiger partial charge in [-0.25, -0.2) is 9.78 Å². The predicted octanol–water partition coefficient (Wildman–Crippen LogP) is 2.65. The van der Waals surface area contributed by atoms with Gasteiger partial charge in [0.15, 0.2) is 5.58 Å². The molecule has 2 aromatic rings. The first-order valence-electron chi connectivity index (χ1n) is 4.55. The third-order valence-corrected chi connectivity index (χ3v) is 2.53. The van der Waals surface area contributed by atoms with E-state index in [0.29, 0.717) is 16.4 Å². The van der Waals surface area contributed by atoms with Crippen molar-refractivity contribution in [1.82, 2.24) is 4.98 Å². The number of oxazole rings is 1. The van der Waals surface area contributed by atoms with Crippen LogP contribution >= 0.6 is 11.8 Å². The number of aromatic nitrogens is 1. The van der Waals surface area contributed by atoms with E-state index in [4.69, 9.17) is 9.52 Å². The summed E-state index contributed by atoms with van der Waals surface area (Å²) < 4.78 is 5.49. The number of carbonyl (C=O) groups is 1. The number of fused-ring (bicyclic) bond motifs is 1. The lowest BCUT2D eigenvalue weighted by molar-refractivity contribution is -0.131. The molecule has 0 bridgehead atoms. The third kappa shape index (κ3) is 2.09. The van der Waals surface area contributed by atoms with Crippen LogP contribution in [0.1, 0.15) is 5.56 Å². The van der Waals surface area contributed by atoms with E-state index in [-0.39, 0.29) is 0 Å². The van der Waals surface area contributed by atoms with Gasteiger partial charge in [0, 0.05) is 11.6 Å². The molecule has 1 aromatic heterocycles. The smallest absolute Gasteiger partial charge is 0.328 e. The molecule has 0 atom stereocenters. The number of para-hydroxylation sites is 1. The Morgan fingerprint density at radius 2 is 2.38 bits per heavy atom. The minimum absolute atomic E-state index is 0.575. The second-order valence-electron chi connectivity index (χ2n) is 3.05. The fourth-order valence-electron chi connectivity index (χ4n) is 1.33. The van der Waals surface area contributed by atoms with Gasteiger partial charge in [-0.2, -0.15) is 0 Å². The molecule has 2 rings (SSSR count). The highest BCUT2D eigenvalue weighted by molar-refractivity contribution is 7.98. The molecule has 0 aliphatic heterocycles. The number of carboxylic acid groups (broad SMARTS) is 1. The molecular formula is C11H9NO3S. The van der Waals surface area contributed by atoms with Crippen LogP contribution in [-0.4, -0.2) is 22.3 Å². The zero-order valence-corrected chi connectivity index (χ0v) is 9.32. The molecule has 1 heterocycles. The molecule has 0 amide bonds. The molecule has 1 N–H and O–H groups in total. The Kier molecular flexibility index (Phi) is 2.96. The van der Waals surface area contributed by atoms with Crippen molar-refractivity contribution in [3.63, 3.8) is 0 Å². The summed E-state index contributed by atoms with van der Waals surface area (Å²) >= 11 is 1.41. The van der Waals surface area contributed by atoms with E-state index >= 15 is 0 Å². The Hall–Kier alpha value is -1.75. The van der Waals surface area contributed by atoms with Crippen LogP contribution in [0.3, 0.4) is 0 Å². The normalized spacial score (nSPS) is 11.3. The monoisotopic (exact) mass is 235 g/mol. The second-order valence-corrected chi connectivity index (χ2v) is 3.81. The minimum Gasteiger partial charge on any atom is -0.478 e. The van der Waals surface area contributed by atoms with Crippen molar-refractivity contribution in [3.8, 4) is 0 Å². The van der Waals surface area contributed by atoms with E-state index in [9.17, 15) is 4.79 Å². The highest BCUT2D eigenvalue weighted by atomic mass is 32.2. The maximum Gasteiger partial charge on any atom is 0.328 e. The highest BCUT2D eigenvalue weighted by Gasteiger charge is 2.07. The van der Waals surface area contributed by atoms with Gasteiger partial charge in [-0.05, 0) is 18.4 Å². The molecule has 0 radical (unpaired) electrons. The first-order valence-corrected chi connectivity index (χ1v) is 5.78. The number of aliphatic carboxylic acids is 1. The molecule has 16 heavy (non-hydrogen) atoms. The third-order valence-electron chi connectivity index (χ3n) is 2.01. The van der Waals surface area contributed by atoms with Crippen molar-refractivity contribution >= 4 is 34.9 Å². The van der Waals surface area contributed by atoms with Gasteiger partial charge >= 0.3 is 5.97 Å². The molecule has 0 saturated carbocycles. The van der Waals surface area contributed by atoms with Crippen molar-refractivity contribution < 1.29 is 14.3 Å². The maximum absolute atomic E-state index is 10.4. The fraction of sp³-hybridized carbons (Fsp3) is 0.0909. The lowest BCUT2D eigenvalue weighted by Crippen LogP contribution is -1.85. The van der Waals surface area contributed by atoms with Gasteiger partial charge in [-0.1, -0.05) is 23.9 Å². The lowest BCUT2D eigenvalue weighted by atomic mass is 10.2. The zero-order chi connectivity index (χ0) is 11.5. The molecule has 0 aliphatic carbocycles.